The summed E-state index contributed by atoms with van der Waals surface area (Å²) in [5, 5.41) is 6.70. The van der Waals surface area contributed by atoms with E-state index in [9.17, 15) is 5.48 Å². The van der Waals surface area contributed by atoms with Gasteiger partial charge in [-0.25, -0.2) is 0 Å². The van der Waals surface area contributed by atoms with Crippen LogP contribution in [0, 0.1) is 0 Å². The molecule has 4 nitrogen and oxygen atoms in total. The maximum Gasteiger partial charge on any atom is 0.0714 e. The summed E-state index contributed by atoms with van der Waals surface area (Å²) < 4.78 is 51.2. The molecule has 16 aromatic carbocycles. The van der Waals surface area contributed by atoms with Crippen LogP contribution in [0.2, 0.25) is 0 Å². The van der Waals surface area contributed by atoms with Crippen LogP contribution in [-0.2, 0) is 10.8 Å². The maximum absolute atomic E-state index is 10.7. The van der Waals surface area contributed by atoms with Crippen molar-refractivity contribution < 1.29 is 5.48 Å². The SMILES string of the molecule is [2H]c1c2c3ccccc3n(-c3ccc(-c4ccc(-n5c6ccccc6c6c([2H])c7c8ccccc8n(-c8ccc9c(c8)C(c8ccccc8)(c8ccccc8)c8ccccc8-9)c7c([2H])c65)cc4)cc3)c2c([2H])c2c1c1ccccc1n2-c1ccc2c(c1)C(c1ccccc1)(c1ccccc1)c1ccccc1-2. The van der Waals surface area contributed by atoms with E-state index in [0.29, 0.717) is 46.2 Å². The van der Waals surface area contributed by atoms with E-state index in [1.54, 1.807) is 0 Å². The Balaban J connectivity index is 0.683. The number of hydrogen-bond acceptors (Lipinski definition) is 0. The number of para-hydroxylation sites is 4. The third kappa shape index (κ3) is 7.75. The molecule has 474 valence electrons. The molecule has 4 heteroatoms. The number of hydrogen-bond donors (Lipinski definition) is 0. The topological polar surface area (TPSA) is 19.7 Å². The van der Waals surface area contributed by atoms with E-state index < -0.39 is 10.8 Å². The van der Waals surface area contributed by atoms with Crippen LogP contribution >= 0.6 is 0 Å². The van der Waals surface area contributed by atoms with Crippen molar-refractivity contribution in [2.24, 2.45) is 0 Å². The average molecular weight is 1300 g/mol. The molecule has 0 unspecified atom stereocenters. The van der Waals surface area contributed by atoms with Crippen molar-refractivity contribution in [3.8, 4) is 56.1 Å². The van der Waals surface area contributed by atoms with Gasteiger partial charge in [0.15, 0.2) is 0 Å². The lowest BCUT2D eigenvalue weighted by molar-refractivity contribution is 0.767. The number of nitrogens with zero attached hydrogens (tertiary/aromatic N) is 4. The average Bonchev–Trinajstić information content (AvgIpc) is 1.54. The molecular weight excluding hydrogens is 1230 g/mol. The first-order valence-electron chi connectivity index (χ1n) is 37.2. The molecule has 4 aromatic heterocycles. The highest BCUT2D eigenvalue weighted by Crippen LogP contribution is 2.59. The van der Waals surface area contributed by atoms with Gasteiger partial charge in [0.05, 0.1) is 60.4 Å². The fourth-order valence-electron chi connectivity index (χ4n) is 18.2. The first-order chi connectivity index (χ1) is 52.3. The minimum absolute atomic E-state index is 0.346. The lowest BCUT2D eigenvalue weighted by atomic mass is 9.67. The Morgan fingerprint density at radius 3 is 0.765 bits per heavy atom. The van der Waals surface area contributed by atoms with Gasteiger partial charge in [-0.15, -0.1) is 0 Å². The van der Waals surface area contributed by atoms with E-state index in [-0.39, 0.29) is 0 Å². The molecule has 0 aliphatic heterocycles. The molecule has 20 aromatic rings. The third-order valence-electron chi connectivity index (χ3n) is 22.5. The summed E-state index contributed by atoms with van der Waals surface area (Å²) in [6.07, 6.45) is 0. The Morgan fingerprint density at radius 2 is 0.441 bits per heavy atom. The van der Waals surface area contributed by atoms with Crippen molar-refractivity contribution >= 4 is 87.2 Å². The van der Waals surface area contributed by atoms with E-state index in [0.717, 1.165) is 99.0 Å². The van der Waals surface area contributed by atoms with Gasteiger partial charge in [-0.05, 0) is 175 Å². The fraction of sp³-hybridized carbons (Fsp3) is 0.0204. The van der Waals surface area contributed by atoms with Gasteiger partial charge in [-0.2, -0.15) is 0 Å². The molecule has 0 amide bonds. The van der Waals surface area contributed by atoms with Crippen LogP contribution in [0.15, 0.2) is 376 Å². The van der Waals surface area contributed by atoms with Gasteiger partial charge < -0.3 is 18.3 Å². The largest absolute Gasteiger partial charge is 0.309 e. The molecule has 0 radical (unpaired) electrons. The molecule has 0 spiro atoms. The summed E-state index contributed by atoms with van der Waals surface area (Å²) >= 11 is 0. The minimum Gasteiger partial charge on any atom is -0.309 e. The Bertz CT molecular complexity index is 6580. The second-order valence-corrected chi connectivity index (χ2v) is 27.4. The van der Waals surface area contributed by atoms with Gasteiger partial charge in [0.1, 0.15) is 0 Å². The monoisotopic (exact) mass is 1300 g/mol. The molecular formula is C98H62N4. The summed E-state index contributed by atoms with van der Waals surface area (Å²) in [6.45, 7) is 0. The zero-order valence-electron chi connectivity index (χ0n) is 59.3. The van der Waals surface area contributed by atoms with E-state index in [4.69, 9.17) is 0 Å². The van der Waals surface area contributed by atoms with Crippen LogP contribution in [0.4, 0.5) is 0 Å². The zero-order valence-corrected chi connectivity index (χ0v) is 55.3. The molecule has 0 N–H and O–H groups in total. The number of rotatable bonds is 9. The highest BCUT2D eigenvalue weighted by molar-refractivity contribution is 6.21. The van der Waals surface area contributed by atoms with Crippen LogP contribution in [0.5, 0.6) is 0 Å². The predicted octanol–water partition coefficient (Wildman–Crippen LogP) is 24.5. The highest BCUT2D eigenvalue weighted by atomic mass is 15.0. The molecule has 22 rings (SSSR count). The van der Waals surface area contributed by atoms with Gasteiger partial charge in [-0.1, -0.05) is 279 Å². The molecule has 0 saturated heterocycles. The molecule has 2 aliphatic rings. The second kappa shape index (κ2) is 21.6. The molecule has 4 heterocycles. The van der Waals surface area contributed by atoms with Crippen LogP contribution in [0.1, 0.15) is 50.0 Å². The standard InChI is InChI=1S/C98H62N4/c1-5-25-65(26-6-1)97(66-27-7-2-8-28-66)85-39-19-13-33-73(85)75-55-53-71(57-87(75)97)101-91-43-23-17-37-79(91)83-59-81-77-35-15-21-41-89(77)99(93(81)61-95(83)101)69-49-45-63(46-50-69)64-47-51-70(52-48-64)100-90-42-22-16-36-78(90)82-60-84-80-38-18-24-44-92(80)102(96(84)62-94(82)100)72-54-56-76-74-34-14-20-40-86(74)98(88(76)58-72,67-29-9-3-10-30-67)68-31-11-4-12-32-68/h1-62H/i59D,60D,61D,62D. The van der Waals surface area contributed by atoms with Crippen molar-refractivity contribution in [3.05, 3.63) is 421 Å². The second-order valence-electron chi connectivity index (χ2n) is 27.4. The molecule has 0 fully saturated rings. The smallest absolute Gasteiger partial charge is 0.0714 e. The van der Waals surface area contributed by atoms with Crippen LogP contribution in [-0.4, -0.2) is 18.3 Å². The third-order valence-corrected chi connectivity index (χ3v) is 22.5. The van der Waals surface area contributed by atoms with Crippen LogP contribution in [0.25, 0.3) is 143 Å². The predicted molar refractivity (Wildman–Crippen MR) is 424 cm³/mol. The summed E-state index contributed by atoms with van der Waals surface area (Å²) in [5.74, 6) is 0. The van der Waals surface area contributed by atoms with Gasteiger partial charge in [-0.3, -0.25) is 0 Å². The van der Waals surface area contributed by atoms with Gasteiger partial charge in [0.25, 0.3) is 0 Å². The summed E-state index contributed by atoms with van der Waals surface area (Å²) in [4.78, 5) is 0. The first kappa shape index (κ1) is 52.8. The molecule has 0 bridgehead atoms. The van der Waals surface area contributed by atoms with Crippen molar-refractivity contribution in [2.75, 3.05) is 0 Å². The summed E-state index contributed by atoms with van der Waals surface area (Å²) in [7, 11) is 0. The van der Waals surface area contributed by atoms with Crippen LogP contribution in [0.3, 0.4) is 0 Å². The highest BCUT2D eigenvalue weighted by Gasteiger charge is 2.48. The van der Waals surface area contributed by atoms with E-state index in [2.05, 4.69) is 334 Å². The number of fused-ring (bicyclic) bond motifs is 18. The van der Waals surface area contributed by atoms with Crippen molar-refractivity contribution in [1.29, 1.82) is 0 Å². The van der Waals surface area contributed by atoms with Crippen molar-refractivity contribution in [3.63, 3.8) is 0 Å². The quantitative estimate of drug-likeness (QED) is 0.137. The van der Waals surface area contributed by atoms with Crippen molar-refractivity contribution in [2.45, 2.75) is 10.8 Å². The van der Waals surface area contributed by atoms with E-state index in [1.165, 1.54) is 66.8 Å². The molecule has 0 atom stereocenters. The van der Waals surface area contributed by atoms with E-state index in [1.807, 2.05) is 36.4 Å². The van der Waals surface area contributed by atoms with Crippen molar-refractivity contribution in [1.82, 2.24) is 18.3 Å². The molecule has 2 aliphatic carbocycles. The summed E-state index contributed by atoms with van der Waals surface area (Å²) in [5.41, 5.74) is 25.1. The Labute approximate surface area is 595 Å². The summed E-state index contributed by atoms with van der Waals surface area (Å²) in [6, 6.07) is 127. The Morgan fingerprint density at radius 1 is 0.186 bits per heavy atom. The molecule has 102 heavy (non-hydrogen) atoms. The van der Waals surface area contributed by atoms with Gasteiger partial charge >= 0.3 is 0 Å². The normalized spacial score (nSPS) is 14.0. The molecule has 0 saturated carbocycles. The van der Waals surface area contributed by atoms with Crippen LogP contribution < -0.4 is 0 Å². The first-order valence-corrected chi connectivity index (χ1v) is 35.2. The fourth-order valence-corrected chi connectivity index (χ4v) is 18.2. The number of benzene rings is 16. The zero-order chi connectivity index (χ0) is 70.3. The lowest BCUT2D eigenvalue weighted by Gasteiger charge is -2.34. The van der Waals surface area contributed by atoms with E-state index >= 15 is 0 Å². The Hall–Kier alpha value is -13.3. The maximum atomic E-state index is 10.7. The Kier molecular flexibility index (Phi) is 11.2. The number of aromatic nitrogens is 4. The minimum atomic E-state index is -0.632. The lowest BCUT2D eigenvalue weighted by Crippen LogP contribution is -2.28. The van der Waals surface area contributed by atoms with Gasteiger partial charge in [0, 0.05) is 65.8 Å². The van der Waals surface area contributed by atoms with Gasteiger partial charge in [0.2, 0.25) is 0 Å².